The molecule has 16 nitrogen and oxygen atoms in total. The summed E-state index contributed by atoms with van der Waals surface area (Å²) in [6.07, 6.45) is 7.87. The number of anilines is 3. The number of hydrogen-bond donors (Lipinski definition) is 1. The van der Waals surface area contributed by atoms with Gasteiger partial charge in [0.05, 0.1) is 29.4 Å². The monoisotopic (exact) mass is 1150 g/mol. The van der Waals surface area contributed by atoms with Crippen molar-refractivity contribution in [1.29, 1.82) is 5.26 Å². The van der Waals surface area contributed by atoms with E-state index in [9.17, 15) is 19.6 Å². The first-order chi connectivity index (χ1) is 37.6. The SMILES string of the molecule is C=CCN1CCCc2cc(N=Nc3nsc(F)c3SCCC)c(C)cc21.CCOc1cc(N=Nc2nsc(CC)c2C#N)c(C)c2c1N(C)C(C)(C)CC2.Cc1cc2c(cc1N=Nc1nsc(C)c1C(=O)O)C(C)(C)C(C)N2C. The van der Waals surface area contributed by atoms with E-state index in [4.69, 9.17) is 4.74 Å². The number of nitrogens with zero attached hydrogens (tertiary/aromatic N) is 13. The maximum Gasteiger partial charge on any atom is 0.340 e. The van der Waals surface area contributed by atoms with Gasteiger partial charge in [-0.25, -0.2) is 4.79 Å². The highest BCUT2D eigenvalue weighted by Gasteiger charge is 2.41. The van der Waals surface area contributed by atoms with Gasteiger partial charge in [0.25, 0.3) is 0 Å². The fraction of sp³-hybridized carbons (Fsp3) is 0.466. The molecule has 1 atom stereocenters. The lowest BCUT2D eigenvalue weighted by Gasteiger charge is -2.44. The van der Waals surface area contributed by atoms with Crippen LogP contribution in [0.5, 0.6) is 5.75 Å². The van der Waals surface area contributed by atoms with Crippen LogP contribution in [0.4, 0.5) is 56.0 Å². The summed E-state index contributed by atoms with van der Waals surface area (Å²) in [5.41, 5.74) is 13.6. The first-order valence-electron chi connectivity index (χ1n) is 26.6. The number of aromatic carboxylic acids is 1. The number of thioether (sulfide) groups is 1. The molecule has 0 bridgehead atoms. The molecule has 21 heteroatoms. The summed E-state index contributed by atoms with van der Waals surface area (Å²) in [5, 5.41) is 44.3. The topological polar surface area (TPSA) is 193 Å². The second kappa shape index (κ2) is 25.8. The second-order valence-electron chi connectivity index (χ2n) is 21.0. The largest absolute Gasteiger partial charge is 0.492 e. The molecule has 6 aromatic rings. The number of carboxylic acid groups (broad SMARTS) is 1. The third-order valence-corrected chi connectivity index (χ3v) is 18.9. The summed E-state index contributed by atoms with van der Waals surface area (Å²) in [6.45, 7) is 31.4. The summed E-state index contributed by atoms with van der Waals surface area (Å²) in [5.74, 6) is 1.60. The highest BCUT2D eigenvalue weighted by Crippen LogP contribution is 2.49. The highest BCUT2D eigenvalue weighted by atomic mass is 32.2. The molecule has 9 rings (SSSR count). The van der Waals surface area contributed by atoms with Gasteiger partial charge in [0.15, 0.2) is 0 Å². The van der Waals surface area contributed by atoms with Gasteiger partial charge in [0.1, 0.15) is 27.8 Å². The van der Waals surface area contributed by atoms with Crippen molar-refractivity contribution in [3.05, 3.63) is 102 Å². The predicted octanol–water partition coefficient (Wildman–Crippen LogP) is 17.3. The molecule has 0 saturated carbocycles. The van der Waals surface area contributed by atoms with Crippen molar-refractivity contribution in [3.63, 3.8) is 0 Å². The Labute approximate surface area is 481 Å². The molecule has 3 aliphatic heterocycles. The molecule has 3 aliphatic rings. The van der Waals surface area contributed by atoms with Crippen LogP contribution in [0.3, 0.4) is 0 Å². The van der Waals surface area contributed by atoms with E-state index < -0.39 is 5.97 Å². The van der Waals surface area contributed by atoms with Gasteiger partial charge in [0.2, 0.25) is 22.6 Å². The molecule has 1 unspecified atom stereocenters. The van der Waals surface area contributed by atoms with Gasteiger partial charge in [-0.2, -0.15) is 22.8 Å². The van der Waals surface area contributed by atoms with E-state index >= 15 is 0 Å². The number of rotatable bonds is 15. The van der Waals surface area contributed by atoms with E-state index in [1.54, 1.807) is 6.92 Å². The van der Waals surface area contributed by atoms with Crippen LogP contribution >= 0.6 is 46.4 Å². The Morgan fingerprint density at radius 2 is 1.54 bits per heavy atom. The van der Waals surface area contributed by atoms with Crippen LogP contribution in [0, 0.1) is 44.2 Å². The van der Waals surface area contributed by atoms with E-state index in [0.29, 0.717) is 39.6 Å². The summed E-state index contributed by atoms with van der Waals surface area (Å²) >= 11 is 4.74. The fourth-order valence-electron chi connectivity index (χ4n) is 9.85. The normalized spacial score (nSPS) is 16.1. The zero-order valence-corrected chi connectivity index (χ0v) is 51.2. The number of hydrogen-bond acceptors (Lipinski definition) is 19. The van der Waals surface area contributed by atoms with Crippen LogP contribution in [0.1, 0.15) is 134 Å². The summed E-state index contributed by atoms with van der Waals surface area (Å²) in [7, 11) is 4.23. The number of fused-ring (bicyclic) bond motifs is 3. The van der Waals surface area contributed by atoms with E-state index in [1.807, 2.05) is 39.8 Å². The maximum absolute atomic E-state index is 13.9. The molecular weight excluding hydrogens is 1070 g/mol. The Morgan fingerprint density at radius 3 is 2.20 bits per heavy atom. The smallest absolute Gasteiger partial charge is 0.340 e. The number of aromatic nitrogens is 3. The number of halogens is 1. The van der Waals surface area contributed by atoms with Crippen LogP contribution in [0.15, 0.2) is 78.6 Å². The summed E-state index contributed by atoms with van der Waals surface area (Å²) in [6, 6.07) is 13.0. The van der Waals surface area contributed by atoms with Crippen molar-refractivity contribution in [1.82, 2.24) is 13.1 Å². The number of benzene rings is 3. The minimum absolute atomic E-state index is 0.00545. The molecule has 0 aliphatic carbocycles. The van der Waals surface area contributed by atoms with Crippen LogP contribution < -0.4 is 19.4 Å². The van der Waals surface area contributed by atoms with Gasteiger partial charge < -0.3 is 24.5 Å². The van der Waals surface area contributed by atoms with E-state index in [2.05, 4.69) is 158 Å². The number of aryl methyl sites for hydroxylation is 5. The van der Waals surface area contributed by atoms with Crippen molar-refractivity contribution >= 4 is 104 Å². The molecule has 0 fully saturated rings. The maximum atomic E-state index is 13.9. The Hall–Kier alpha value is -6.47. The van der Waals surface area contributed by atoms with Crippen molar-refractivity contribution in [2.45, 2.75) is 144 Å². The third-order valence-electron chi connectivity index (χ3n) is 15.2. The average molecular weight is 1150 g/mol. The zero-order valence-electron chi connectivity index (χ0n) is 47.9. The van der Waals surface area contributed by atoms with Crippen LogP contribution in [-0.2, 0) is 24.7 Å². The number of carbonyl (C=O) groups is 1. The minimum Gasteiger partial charge on any atom is -0.492 e. The number of carboxylic acids is 1. The summed E-state index contributed by atoms with van der Waals surface area (Å²) < 4.78 is 32.4. The standard InChI is InChI=1S/C21H27N5OS.C19H23FN4S2.C18H22N4O2S/c1-7-18-15(12-22)20(25-28-18)24-23-16-11-17(27-8-2)19-14(13(16)3)9-10-21(4,5)26(19)6;1-4-8-24-9-6-7-14-12-15(13(3)11-16(14)24)21-22-19-17(25-10-5-2)18(20)26-23-19;1-9-7-14-12(18(4,5)11(3)22(14)6)8-13(9)19-20-16-15(17(23)24)10(2)25-21-16/h11H,7-10H2,1-6H3;4,11-12H,1,5-10H2,2-3H3;7-8,11H,1-6H3,(H,23,24). The average Bonchev–Trinajstić information content (AvgIpc) is 4.16. The lowest BCUT2D eigenvalue weighted by molar-refractivity contribution is 0.0697. The van der Waals surface area contributed by atoms with E-state index in [-0.39, 0.29) is 27.5 Å². The molecule has 3 aromatic heterocycles. The van der Waals surface area contributed by atoms with Crippen LogP contribution in [0.2, 0.25) is 0 Å². The Morgan fingerprint density at radius 1 is 0.899 bits per heavy atom. The molecule has 0 spiro atoms. The fourth-order valence-corrected chi connectivity index (χ4v) is 12.7. The van der Waals surface area contributed by atoms with Crippen molar-refractivity contribution < 1.29 is 19.0 Å². The first-order valence-corrected chi connectivity index (χ1v) is 29.9. The minimum atomic E-state index is -1.03. The molecule has 1 N–H and O–H groups in total. The van der Waals surface area contributed by atoms with Gasteiger partial charge in [-0.05, 0) is 192 Å². The predicted molar refractivity (Wildman–Crippen MR) is 323 cm³/mol. The molecule has 3 aromatic carbocycles. The molecule has 0 saturated heterocycles. The first kappa shape index (κ1) is 60.2. The number of nitriles is 1. The molecule has 6 heterocycles. The molecule has 0 radical (unpaired) electrons. The van der Waals surface area contributed by atoms with Gasteiger partial charge in [-0.15, -0.1) is 49.0 Å². The lowest BCUT2D eigenvalue weighted by atomic mass is 9.81. The quantitative estimate of drug-likeness (QED) is 0.0584. The second-order valence-corrected chi connectivity index (χ2v) is 24.7. The van der Waals surface area contributed by atoms with Gasteiger partial charge >= 0.3 is 5.97 Å². The van der Waals surface area contributed by atoms with Gasteiger partial charge in [-0.3, -0.25) is 0 Å². The molecule has 418 valence electrons. The van der Waals surface area contributed by atoms with Crippen molar-refractivity contribution in [3.8, 4) is 11.8 Å². The highest BCUT2D eigenvalue weighted by molar-refractivity contribution is 7.99. The third kappa shape index (κ3) is 12.9. The number of likely N-dealkylation sites (N-methyl/N-ethyl adjacent to an activating group) is 1. The molecular formula is C58H72FN13O3S4. The van der Waals surface area contributed by atoms with Crippen LogP contribution in [0.25, 0.3) is 0 Å². The molecule has 79 heavy (non-hydrogen) atoms. The van der Waals surface area contributed by atoms with Crippen LogP contribution in [-0.4, -0.2) is 75.3 Å². The Balaban J connectivity index is 0.000000172. The summed E-state index contributed by atoms with van der Waals surface area (Å²) in [4.78, 5) is 20.4. The van der Waals surface area contributed by atoms with Gasteiger partial charge in [0, 0.05) is 71.4 Å². The molecule has 0 amide bonds. The Kier molecular flexibility index (Phi) is 19.6. The van der Waals surface area contributed by atoms with Gasteiger partial charge in [-0.1, -0.05) is 33.8 Å². The lowest BCUT2D eigenvalue weighted by Crippen LogP contribution is -2.45. The van der Waals surface area contributed by atoms with Crippen molar-refractivity contribution in [2.24, 2.45) is 30.7 Å². The van der Waals surface area contributed by atoms with Crippen molar-refractivity contribution in [2.75, 3.05) is 54.2 Å². The number of ether oxygens (including phenoxy) is 1. The Bertz CT molecular complexity index is 3350. The van der Waals surface area contributed by atoms with E-state index in [0.717, 1.165) is 130 Å². The van der Waals surface area contributed by atoms with E-state index in [1.165, 1.54) is 51.4 Å². The number of azo groups is 3. The zero-order chi connectivity index (χ0) is 57.5.